The van der Waals surface area contributed by atoms with E-state index in [1.165, 1.54) is 37.8 Å². The van der Waals surface area contributed by atoms with Crippen LogP contribution in [-0.4, -0.2) is 36.0 Å². The number of nitro benzene ring substituents is 2. The second-order valence-corrected chi connectivity index (χ2v) is 10.7. The predicted molar refractivity (Wildman–Crippen MR) is 185 cm³/mol. The van der Waals surface area contributed by atoms with Gasteiger partial charge in [-0.3, -0.25) is 20.2 Å². The fourth-order valence-electron chi connectivity index (χ4n) is 4.84. The van der Waals surface area contributed by atoms with Crippen molar-refractivity contribution in [1.82, 2.24) is 0 Å². The van der Waals surface area contributed by atoms with Gasteiger partial charge in [0.05, 0.1) is 26.9 Å². The summed E-state index contributed by atoms with van der Waals surface area (Å²) in [5, 5.41) is 21.3. The molecule has 0 saturated carbocycles. The van der Waals surface area contributed by atoms with Gasteiger partial charge in [0.2, 0.25) is 0 Å². The minimum atomic E-state index is -0.600. The van der Waals surface area contributed by atoms with Crippen LogP contribution < -0.4 is 32.7 Å². The molecule has 0 unspecified atom stereocenters. The Morgan fingerprint density at radius 2 is 1.09 bits per heavy atom. The number of rotatable bonds is 4. The summed E-state index contributed by atoms with van der Waals surface area (Å²) in [7, 11) is 0. The molecule has 1 radical (unpaired) electrons. The molecule has 14 heteroatoms. The van der Waals surface area contributed by atoms with E-state index >= 15 is 0 Å². The van der Waals surface area contributed by atoms with Gasteiger partial charge in [-0.05, 0) is 74.9 Å². The summed E-state index contributed by atoms with van der Waals surface area (Å²) >= 11 is 5.50. The van der Waals surface area contributed by atoms with Gasteiger partial charge in [0, 0.05) is 46.2 Å². The van der Waals surface area contributed by atoms with Crippen LogP contribution in [0.4, 0.5) is 45.5 Å². The average Bonchev–Trinajstić information content (AvgIpc) is 3.00. The molecular formula is C31H46ClN8O4V-. The maximum Gasteiger partial charge on any atom is 0.315 e. The minimum absolute atomic E-state index is 0. The van der Waals surface area contributed by atoms with E-state index in [0.717, 1.165) is 56.8 Å². The standard InChI is InChI=1S/C11H15N3O2.C11H17N3.C6H5ClN2O2.C3H7.V.H2/c12-9-5-4-6-10(11(9)14(15)16)13-7-2-1-3-8-13;12-9-5-4-6-10(11(9)13)14-7-2-1-3-8-14;7-4-2-1-3-5(8)6(4)9(10)11;1-3-2;;/h4-6H,1-3,7-8,12H2;4-6H,1-3,7-8,12-13H2;1-3H,8H2;1,3H2,2H3;;1H/q;;;-1;;. The van der Waals surface area contributed by atoms with Crippen LogP contribution in [-0.2, 0) is 18.6 Å². The zero-order valence-corrected chi connectivity index (χ0v) is 27.9. The molecule has 2 saturated heterocycles. The molecule has 2 fully saturated rings. The number of anilines is 6. The zero-order valence-electron chi connectivity index (χ0n) is 25.7. The number of hydrogen-bond acceptors (Lipinski definition) is 10. The molecule has 0 bridgehead atoms. The molecule has 0 amide bonds. The number of halogens is 1. The molecule has 3 aromatic rings. The summed E-state index contributed by atoms with van der Waals surface area (Å²) in [5.74, 6) is 0. The fraction of sp³-hybridized carbons (Fsp3) is 0.387. The van der Waals surface area contributed by atoms with E-state index in [9.17, 15) is 20.2 Å². The van der Waals surface area contributed by atoms with Gasteiger partial charge in [0.1, 0.15) is 22.1 Å². The summed E-state index contributed by atoms with van der Waals surface area (Å²) < 4.78 is 0. The van der Waals surface area contributed by atoms with Crippen LogP contribution in [0.2, 0.25) is 5.02 Å². The van der Waals surface area contributed by atoms with Gasteiger partial charge >= 0.3 is 11.4 Å². The van der Waals surface area contributed by atoms with Crippen molar-refractivity contribution in [2.24, 2.45) is 0 Å². The molecule has 0 atom stereocenters. The van der Waals surface area contributed by atoms with Crippen molar-refractivity contribution in [3.8, 4) is 0 Å². The van der Waals surface area contributed by atoms with Crippen LogP contribution in [0.25, 0.3) is 0 Å². The number of nitrogens with two attached hydrogens (primary N) is 4. The van der Waals surface area contributed by atoms with Crippen molar-refractivity contribution in [3.05, 3.63) is 86.8 Å². The van der Waals surface area contributed by atoms with E-state index in [1.54, 1.807) is 24.3 Å². The Morgan fingerprint density at radius 1 is 0.711 bits per heavy atom. The van der Waals surface area contributed by atoms with Crippen molar-refractivity contribution in [3.63, 3.8) is 0 Å². The Kier molecular flexibility index (Phi) is 17.6. The molecule has 12 nitrogen and oxygen atoms in total. The monoisotopic (exact) mass is 680 g/mol. The van der Waals surface area contributed by atoms with E-state index in [0.29, 0.717) is 11.4 Å². The van der Waals surface area contributed by atoms with Crippen molar-refractivity contribution >= 4 is 57.1 Å². The molecule has 5 rings (SSSR count). The topological polar surface area (TPSA) is 197 Å². The number of hydrogen-bond donors (Lipinski definition) is 4. The number of nitro groups is 2. The van der Waals surface area contributed by atoms with Gasteiger partial charge in [-0.2, -0.15) is 6.42 Å². The molecule has 45 heavy (non-hydrogen) atoms. The number of piperidine rings is 2. The maximum absolute atomic E-state index is 11.0. The van der Waals surface area contributed by atoms with Crippen molar-refractivity contribution in [2.45, 2.75) is 51.9 Å². The number of benzene rings is 3. The Morgan fingerprint density at radius 3 is 1.51 bits per heavy atom. The second kappa shape index (κ2) is 20.2. The number of nitrogen functional groups attached to an aromatic ring is 4. The van der Waals surface area contributed by atoms with Gasteiger partial charge in [-0.15, -0.1) is 0 Å². The van der Waals surface area contributed by atoms with E-state index < -0.39 is 4.92 Å². The Hall–Kier alpha value is -3.87. The van der Waals surface area contributed by atoms with Crippen molar-refractivity contribution in [2.75, 3.05) is 58.9 Å². The van der Waals surface area contributed by atoms with Crippen LogP contribution in [0.1, 0.15) is 53.3 Å². The Bertz CT molecular complexity index is 1360. The van der Waals surface area contributed by atoms with Gasteiger partial charge in [0.25, 0.3) is 0 Å². The summed E-state index contributed by atoms with van der Waals surface area (Å²) in [6.07, 6.45) is 8.23. The van der Waals surface area contributed by atoms with E-state index in [2.05, 4.69) is 22.8 Å². The van der Waals surface area contributed by atoms with E-state index in [1.807, 2.05) is 19.1 Å². The first-order valence-corrected chi connectivity index (χ1v) is 15.1. The first-order chi connectivity index (χ1) is 21.0. The fourth-order valence-corrected chi connectivity index (χ4v) is 5.09. The average molecular weight is 681 g/mol. The van der Waals surface area contributed by atoms with Crippen LogP contribution in [0.15, 0.2) is 54.6 Å². The number of nitrogens with zero attached hydrogens (tertiary/aromatic N) is 4. The van der Waals surface area contributed by atoms with E-state index in [-0.39, 0.29) is 52.7 Å². The minimum Gasteiger partial charge on any atom is -0.397 e. The molecule has 0 spiro atoms. The summed E-state index contributed by atoms with van der Waals surface area (Å²) in [4.78, 5) is 24.7. The van der Waals surface area contributed by atoms with Crippen LogP contribution in [0.3, 0.4) is 0 Å². The van der Waals surface area contributed by atoms with Gasteiger partial charge in [-0.1, -0.05) is 36.7 Å². The molecule has 0 aliphatic carbocycles. The molecule has 2 aliphatic rings. The predicted octanol–water partition coefficient (Wildman–Crippen LogP) is 7.31. The van der Waals surface area contributed by atoms with Crippen LogP contribution >= 0.6 is 11.6 Å². The SMILES string of the molecule is Nc1cccc(Cl)c1[N+](=O)[O-].Nc1cccc(N2CCCCC2)c1N.Nc1cccc(N2CCCCC2)c1[N+](=O)[O-].[CH2-]CC.[HH].[V]. The third-order valence-corrected chi connectivity index (χ3v) is 7.24. The van der Waals surface area contributed by atoms with Gasteiger partial charge < -0.3 is 39.7 Å². The van der Waals surface area contributed by atoms with Crippen molar-refractivity contribution in [1.29, 1.82) is 0 Å². The van der Waals surface area contributed by atoms with Crippen LogP contribution in [0.5, 0.6) is 0 Å². The van der Waals surface area contributed by atoms with Gasteiger partial charge in [0.15, 0.2) is 0 Å². The molecule has 3 aromatic carbocycles. The first-order valence-electron chi connectivity index (χ1n) is 14.7. The molecule has 8 N–H and O–H groups in total. The summed E-state index contributed by atoms with van der Waals surface area (Å²) in [6.45, 7) is 9.47. The van der Waals surface area contributed by atoms with Crippen molar-refractivity contribution < 1.29 is 29.8 Å². The second-order valence-electron chi connectivity index (χ2n) is 10.3. The third-order valence-electron chi connectivity index (χ3n) is 6.94. The Balaban J connectivity index is 0.000000628. The van der Waals surface area contributed by atoms with Gasteiger partial charge in [-0.25, -0.2) is 0 Å². The summed E-state index contributed by atoms with van der Waals surface area (Å²) in [5.41, 5.74) is 26.0. The normalized spacial score (nSPS) is 13.8. The molecular weight excluding hydrogens is 635 g/mol. The van der Waals surface area contributed by atoms with E-state index in [4.69, 9.17) is 34.5 Å². The largest absolute Gasteiger partial charge is 0.397 e. The summed E-state index contributed by atoms with van der Waals surface area (Å²) in [6, 6.07) is 15.4. The maximum atomic E-state index is 11.0. The first kappa shape index (κ1) is 39.2. The third kappa shape index (κ3) is 11.9. The zero-order chi connectivity index (χ0) is 32.6. The smallest absolute Gasteiger partial charge is 0.315 e. The van der Waals surface area contributed by atoms with Crippen LogP contribution in [0, 0.1) is 27.2 Å². The molecule has 0 aromatic heterocycles. The molecule has 2 heterocycles. The number of para-hydroxylation sites is 3. The molecule has 2 aliphatic heterocycles. The quantitative estimate of drug-likeness (QED) is 0.0938. The Labute approximate surface area is 283 Å². The molecule has 247 valence electrons.